The lowest BCUT2D eigenvalue weighted by atomic mass is 10.1. The third kappa shape index (κ3) is 4.83. The molecule has 0 bridgehead atoms. The number of fused-ring (bicyclic) bond motifs is 1. The maximum atomic E-state index is 12.8. The summed E-state index contributed by atoms with van der Waals surface area (Å²) < 4.78 is 51.7. The van der Waals surface area contributed by atoms with E-state index >= 15 is 0 Å². The highest BCUT2D eigenvalue weighted by Gasteiger charge is 2.30. The molecule has 0 unspecified atom stereocenters. The second kappa shape index (κ2) is 9.47. The van der Waals surface area contributed by atoms with E-state index in [1.807, 2.05) is 42.6 Å². The van der Waals surface area contributed by atoms with Crippen LogP contribution in [0, 0.1) is 0 Å². The number of ether oxygens (including phenoxy) is 1. The number of nitrogens with zero attached hydrogens (tertiary/aromatic N) is 5. The molecular formula is C28H18F3N5O2. The van der Waals surface area contributed by atoms with Crippen LogP contribution in [0.2, 0.25) is 0 Å². The van der Waals surface area contributed by atoms with Crippen molar-refractivity contribution in [3.8, 4) is 34.6 Å². The normalized spacial score (nSPS) is 11.7. The lowest BCUT2D eigenvalue weighted by Crippen LogP contribution is -2.04. The summed E-state index contributed by atoms with van der Waals surface area (Å²) in [6.07, 6.45) is 0.485. The van der Waals surface area contributed by atoms with Crippen molar-refractivity contribution in [1.82, 2.24) is 24.7 Å². The molecule has 0 fully saturated rings. The van der Waals surface area contributed by atoms with E-state index in [-0.39, 0.29) is 17.6 Å². The summed E-state index contributed by atoms with van der Waals surface area (Å²) in [5.74, 6) is 1.11. The minimum Gasteiger partial charge on any atom is -0.437 e. The Labute approximate surface area is 214 Å². The van der Waals surface area contributed by atoms with Crippen LogP contribution in [0.4, 0.5) is 13.2 Å². The van der Waals surface area contributed by atoms with Crippen molar-refractivity contribution >= 4 is 10.9 Å². The maximum absolute atomic E-state index is 12.8. The van der Waals surface area contributed by atoms with Crippen molar-refractivity contribution in [1.29, 1.82) is 0 Å². The van der Waals surface area contributed by atoms with Gasteiger partial charge < -0.3 is 13.8 Å². The van der Waals surface area contributed by atoms with Gasteiger partial charge in [0.1, 0.15) is 11.4 Å². The highest BCUT2D eigenvalue weighted by atomic mass is 19.4. The minimum absolute atomic E-state index is 0.0825. The van der Waals surface area contributed by atoms with Crippen molar-refractivity contribution < 1.29 is 22.4 Å². The van der Waals surface area contributed by atoms with Gasteiger partial charge in [0.25, 0.3) is 5.89 Å². The molecule has 0 saturated carbocycles. The maximum Gasteiger partial charge on any atom is 0.416 e. The van der Waals surface area contributed by atoms with E-state index in [4.69, 9.17) is 9.26 Å². The fraction of sp³-hybridized carbons (Fsp3) is 0.0714. The van der Waals surface area contributed by atoms with E-state index in [1.165, 1.54) is 30.1 Å². The number of halogens is 3. The van der Waals surface area contributed by atoms with Crippen molar-refractivity contribution in [2.45, 2.75) is 12.7 Å². The fourth-order valence-electron chi connectivity index (χ4n) is 4.00. The molecule has 0 spiro atoms. The van der Waals surface area contributed by atoms with Gasteiger partial charge in [-0.3, -0.25) is 0 Å². The third-order valence-corrected chi connectivity index (χ3v) is 5.91. The van der Waals surface area contributed by atoms with Crippen LogP contribution in [-0.4, -0.2) is 24.7 Å². The lowest BCUT2D eigenvalue weighted by molar-refractivity contribution is -0.137. The molecule has 0 saturated heterocycles. The number of hydrogen-bond acceptors (Lipinski definition) is 6. The summed E-state index contributed by atoms with van der Waals surface area (Å²) in [4.78, 5) is 12.8. The summed E-state index contributed by atoms with van der Waals surface area (Å²) >= 11 is 0. The van der Waals surface area contributed by atoms with Gasteiger partial charge in [0.15, 0.2) is 0 Å². The predicted octanol–water partition coefficient (Wildman–Crippen LogP) is 7.01. The average molecular weight is 513 g/mol. The van der Waals surface area contributed by atoms with Gasteiger partial charge in [-0.15, -0.1) is 0 Å². The number of aromatic nitrogens is 5. The zero-order valence-electron chi connectivity index (χ0n) is 19.6. The molecule has 3 heterocycles. The Kier molecular flexibility index (Phi) is 5.83. The third-order valence-electron chi connectivity index (χ3n) is 5.91. The van der Waals surface area contributed by atoms with Crippen LogP contribution < -0.4 is 4.74 Å². The molecule has 10 heteroatoms. The summed E-state index contributed by atoms with van der Waals surface area (Å²) in [6, 6.07) is 22.5. The van der Waals surface area contributed by atoms with Crippen LogP contribution >= 0.6 is 0 Å². The average Bonchev–Trinajstić information content (AvgIpc) is 3.57. The topological polar surface area (TPSA) is 78.9 Å². The van der Waals surface area contributed by atoms with Crippen molar-refractivity contribution in [2.75, 3.05) is 0 Å². The molecule has 6 rings (SSSR count). The number of alkyl halides is 3. The standard InChI is InChI=1S/C28H18F3N5O2/c29-28(30,31)21-9-6-20(7-10-21)26-34-27(38-35-26)23-15-33-25(16-32-23)37-22-11-8-19-12-13-36(24(19)14-22)17-18-4-2-1-3-5-18/h1-16H,17H2. The smallest absolute Gasteiger partial charge is 0.416 e. The van der Waals surface area contributed by atoms with E-state index < -0.39 is 11.7 Å². The Balaban J connectivity index is 1.17. The van der Waals surface area contributed by atoms with E-state index in [1.54, 1.807) is 0 Å². The van der Waals surface area contributed by atoms with Crippen molar-refractivity contribution in [3.05, 3.63) is 109 Å². The molecule has 0 aliphatic heterocycles. The molecule has 0 amide bonds. The summed E-state index contributed by atoms with van der Waals surface area (Å²) in [5, 5.41) is 4.93. The van der Waals surface area contributed by atoms with Crippen LogP contribution in [-0.2, 0) is 12.7 Å². The first kappa shape index (κ1) is 23.4. The first-order chi connectivity index (χ1) is 18.4. The second-order valence-electron chi connectivity index (χ2n) is 8.49. The fourth-order valence-corrected chi connectivity index (χ4v) is 4.00. The summed E-state index contributed by atoms with van der Waals surface area (Å²) in [5.41, 5.74) is 2.15. The minimum atomic E-state index is -4.42. The molecule has 3 aromatic carbocycles. The lowest BCUT2D eigenvalue weighted by Gasteiger charge is -2.08. The van der Waals surface area contributed by atoms with E-state index in [0.29, 0.717) is 17.0 Å². The second-order valence-corrected chi connectivity index (χ2v) is 8.49. The van der Waals surface area contributed by atoms with Gasteiger partial charge in [0, 0.05) is 24.4 Å². The van der Waals surface area contributed by atoms with Gasteiger partial charge in [0.2, 0.25) is 11.7 Å². The number of benzene rings is 3. The van der Waals surface area contributed by atoms with Crippen molar-refractivity contribution in [3.63, 3.8) is 0 Å². The Bertz CT molecular complexity index is 1690. The SMILES string of the molecule is FC(F)(F)c1ccc(-c2noc(-c3cnc(Oc4ccc5ccn(Cc6ccccc6)c5c4)cn3)n2)cc1. The molecule has 0 aliphatic carbocycles. The van der Waals surface area contributed by atoms with Crippen LogP contribution in [0.1, 0.15) is 11.1 Å². The van der Waals surface area contributed by atoms with Gasteiger partial charge in [-0.25, -0.2) is 9.97 Å². The quantitative estimate of drug-likeness (QED) is 0.238. The molecular weight excluding hydrogens is 495 g/mol. The molecule has 0 aliphatic rings. The van der Waals surface area contributed by atoms with Crippen LogP contribution in [0.3, 0.4) is 0 Å². The number of hydrogen-bond donors (Lipinski definition) is 0. The first-order valence-corrected chi connectivity index (χ1v) is 11.6. The van der Waals surface area contributed by atoms with Crippen LogP contribution in [0.25, 0.3) is 33.9 Å². The van der Waals surface area contributed by atoms with Gasteiger partial charge >= 0.3 is 6.18 Å². The van der Waals surface area contributed by atoms with Gasteiger partial charge in [0.05, 0.1) is 23.5 Å². The number of rotatable bonds is 6. The summed E-state index contributed by atoms with van der Waals surface area (Å²) in [6.45, 7) is 0.737. The predicted molar refractivity (Wildman–Crippen MR) is 133 cm³/mol. The van der Waals surface area contributed by atoms with E-state index in [2.05, 4.69) is 42.9 Å². The molecule has 0 atom stereocenters. The van der Waals surface area contributed by atoms with E-state index in [9.17, 15) is 13.2 Å². The highest BCUT2D eigenvalue weighted by molar-refractivity contribution is 5.81. The zero-order chi connectivity index (χ0) is 26.1. The Morgan fingerprint density at radius 3 is 2.42 bits per heavy atom. The molecule has 7 nitrogen and oxygen atoms in total. The monoisotopic (exact) mass is 513 g/mol. The zero-order valence-corrected chi connectivity index (χ0v) is 19.6. The summed E-state index contributed by atoms with van der Waals surface area (Å²) in [7, 11) is 0. The van der Waals surface area contributed by atoms with Crippen LogP contribution in [0.15, 0.2) is 102 Å². The van der Waals surface area contributed by atoms with Crippen LogP contribution in [0.5, 0.6) is 11.6 Å². The highest BCUT2D eigenvalue weighted by Crippen LogP contribution is 2.31. The molecule has 3 aromatic heterocycles. The Hall–Kier alpha value is -4.99. The molecule has 38 heavy (non-hydrogen) atoms. The van der Waals surface area contributed by atoms with E-state index in [0.717, 1.165) is 29.6 Å². The van der Waals surface area contributed by atoms with Gasteiger partial charge in [-0.2, -0.15) is 18.2 Å². The van der Waals surface area contributed by atoms with Gasteiger partial charge in [-0.1, -0.05) is 47.6 Å². The Morgan fingerprint density at radius 1 is 0.868 bits per heavy atom. The first-order valence-electron chi connectivity index (χ1n) is 11.6. The molecule has 6 aromatic rings. The largest absolute Gasteiger partial charge is 0.437 e. The van der Waals surface area contributed by atoms with Crippen molar-refractivity contribution in [2.24, 2.45) is 0 Å². The molecule has 188 valence electrons. The molecule has 0 N–H and O–H groups in total. The van der Waals surface area contributed by atoms with Gasteiger partial charge in [-0.05, 0) is 41.3 Å². The Morgan fingerprint density at radius 2 is 1.68 bits per heavy atom. The molecule has 0 radical (unpaired) electrons.